The summed E-state index contributed by atoms with van der Waals surface area (Å²) in [4.78, 5) is 12.8. The molecule has 0 saturated heterocycles. The minimum atomic E-state index is -3.30. The van der Waals surface area contributed by atoms with Gasteiger partial charge in [-0.3, -0.25) is 10.1 Å². The maximum absolute atomic E-state index is 12.6. The summed E-state index contributed by atoms with van der Waals surface area (Å²) in [5.41, 5.74) is 3.14. The van der Waals surface area contributed by atoms with Gasteiger partial charge in [0, 0.05) is 17.4 Å². The van der Waals surface area contributed by atoms with Crippen LogP contribution in [0.25, 0.3) is 11.3 Å². The van der Waals surface area contributed by atoms with Crippen molar-refractivity contribution in [3.05, 3.63) is 71.4 Å². The molecule has 0 unspecified atom stereocenters. The van der Waals surface area contributed by atoms with Crippen LogP contribution in [0.2, 0.25) is 0 Å². The summed E-state index contributed by atoms with van der Waals surface area (Å²) in [6.45, 7) is 3.89. The molecule has 11 heteroatoms. The zero-order chi connectivity index (χ0) is 24.1. The maximum atomic E-state index is 12.6. The van der Waals surface area contributed by atoms with Gasteiger partial charge in [0.1, 0.15) is 0 Å². The summed E-state index contributed by atoms with van der Waals surface area (Å²) in [6, 6.07) is 16.0. The number of carbonyl (C=O) groups is 1. The van der Waals surface area contributed by atoms with Crippen LogP contribution in [0.15, 0.2) is 68.4 Å². The van der Waals surface area contributed by atoms with Gasteiger partial charge in [0.25, 0.3) is 5.91 Å². The number of rotatable bonds is 9. The van der Waals surface area contributed by atoms with Crippen LogP contribution in [0.3, 0.4) is 0 Å². The van der Waals surface area contributed by atoms with E-state index < -0.39 is 15.7 Å². The lowest BCUT2D eigenvalue weighted by atomic mass is 10.1. The third-order valence-electron chi connectivity index (χ3n) is 4.95. The van der Waals surface area contributed by atoms with Crippen molar-refractivity contribution < 1.29 is 17.7 Å². The van der Waals surface area contributed by atoms with E-state index in [0.717, 1.165) is 10.1 Å². The Morgan fingerprint density at radius 2 is 1.88 bits per heavy atom. The molecule has 0 bridgehead atoms. The number of anilines is 1. The molecule has 4 aromatic rings. The molecule has 4 rings (SSSR count). The van der Waals surface area contributed by atoms with Crippen molar-refractivity contribution in [2.45, 2.75) is 35.3 Å². The van der Waals surface area contributed by atoms with Crippen molar-refractivity contribution in [2.24, 2.45) is 0 Å². The maximum Gasteiger partial charge on any atom is 0.279 e. The molecule has 1 N–H and O–H groups in total. The molecule has 0 aliphatic carbocycles. The lowest BCUT2D eigenvalue weighted by Crippen LogP contribution is -2.11. The minimum Gasteiger partial charge on any atom is -0.355 e. The highest BCUT2D eigenvalue weighted by molar-refractivity contribution is 8.00. The van der Waals surface area contributed by atoms with Gasteiger partial charge in [0.2, 0.25) is 5.13 Å². The Morgan fingerprint density at radius 1 is 1.12 bits per heavy atom. The fraction of sp³-hybridized carbons (Fsp3) is 0.217. The molecule has 0 aliphatic heterocycles. The highest BCUT2D eigenvalue weighted by Crippen LogP contribution is 2.29. The first-order valence-corrected chi connectivity index (χ1v) is 13.9. The van der Waals surface area contributed by atoms with E-state index in [0.29, 0.717) is 22.9 Å². The van der Waals surface area contributed by atoms with Crippen molar-refractivity contribution >= 4 is 44.0 Å². The van der Waals surface area contributed by atoms with E-state index in [1.54, 1.807) is 23.9 Å². The van der Waals surface area contributed by atoms with Crippen LogP contribution >= 0.6 is 23.1 Å². The fourth-order valence-electron chi connectivity index (χ4n) is 3.12. The third kappa shape index (κ3) is 5.72. The van der Waals surface area contributed by atoms with Crippen molar-refractivity contribution in [3.8, 4) is 11.3 Å². The van der Waals surface area contributed by atoms with E-state index in [2.05, 4.69) is 39.7 Å². The number of nitrogens with one attached hydrogen (secondary N) is 1. The molecule has 2 aromatic carbocycles. The van der Waals surface area contributed by atoms with E-state index in [1.165, 1.54) is 40.7 Å². The number of hydrogen-bond acceptors (Lipinski definition) is 9. The Balaban J connectivity index is 1.38. The van der Waals surface area contributed by atoms with Crippen LogP contribution in [0.5, 0.6) is 0 Å². The van der Waals surface area contributed by atoms with Crippen molar-refractivity contribution in [2.75, 3.05) is 11.1 Å². The number of hydrogen-bond donors (Lipinski definition) is 1. The first-order chi connectivity index (χ1) is 16.4. The molecule has 176 valence electrons. The second-order valence-corrected chi connectivity index (χ2v) is 11.8. The molecular formula is C23H22N4O4S3. The number of sulfone groups is 1. The fourth-order valence-corrected chi connectivity index (χ4v) is 6.27. The predicted molar refractivity (Wildman–Crippen MR) is 133 cm³/mol. The first kappa shape index (κ1) is 24.1. The van der Waals surface area contributed by atoms with Gasteiger partial charge < -0.3 is 4.52 Å². The quantitative estimate of drug-likeness (QED) is 0.238. The molecule has 0 radical (unpaired) electrons. The summed E-state index contributed by atoms with van der Waals surface area (Å²) in [5, 5.41) is 15.0. The van der Waals surface area contributed by atoms with Gasteiger partial charge in [0.05, 0.1) is 10.6 Å². The van der Waals surface area contributed by atoms with Crippen molar-refractivity contribution in [1.29, 1.82) is 0 Å². The number of benzene rings is 2. The second-order valence-electron chi connectivity index (χ2n) is 7.46. The number of aromatic nitrogens is 3. The van der Waals surface area contributed by atoms with Crippen LogP contribution in [0.1, 0.15) is 35.0 Å². The van der Waals surface area contributed by atoms with Crippen LogP contribution in [0.4, 0.5) is 5.13 Å². The molecular weight excluding hydrogens is 492 g/mol. The van der Waals surface area contributed by atoms with Gasteiger partial charge in [-0.1, -0.05) is 59.4 Å². The topological polar surface area (TPSA) is 115 Å². The van der Waals surface area contributed by atoms with Crippen LogP contribution in [-0.4, -0.2) is 35.4 Å². The average molecular weight is 515 g/mol. The molecule has 1 amide bonds. The minimum absolute atomic E-state index is 0.0852. The molecule has 2 aromatic heterocycles. The average Bonchev–Trinajstić information content (AvgIpc) is 3.49. The number of thioether (sulfide) groups is 1. The van der Waals surface area contributed by atoms with Crippen LogP contribution in [0, 0.1) is 6.92 Å². The summed E-state index contributed by atoms with van der Waals surface area (Å²) >= 11 is 2.84. The normalized spacial score (nSPS) is 11.5. The highest BCUT2D eigenvalue weighted by Gasteiger charge is 2.18. The number of aryl methyl sites for hydroxylation is 1. The summed E-state index contributed by atoms with van der Waals surface area (Å²) in [5.74, 6) is 0.747. The van der Waals surface area contributed by atoms with Crippen molar-refractivity contribution in [1.82, 2.24) is 15.4 Å². The smallest absolute Gasteiger partial charge is 0.279 e. The molecule has 0 atom stereocenters. The Labute approximate surface area is 205 Å². The largest absolute Gasteiger partial charge is 0.355 e. The van der Waals surface area contributed by atoms with Gasteiger partial charge in [-0.15, -0.1) is 10.2 Å². The molecule has 2 heterocycles. The van der Waals surface area contributed by atoms with E-state index in [-0.39, 0.29) is 16.3 Å². The van der Waals surface area contributed by atoms with E-state index in [1.807, 2.05) is 19.1 Å². The SMILES string of the molecule is CCCS(=O)(=O)c1ccc(-c2cc(C(=O)Nc3nnc(SCc4ccccc4C)s3)no2)cc1. The van der Waals surface area contributed by atoms with Gasteiger partial charge >= 0.3 is 0 Å². The predicted octanol–water partition coefficient (Wildman–Crippen LogP) is 5.23. The lowest BCUT2D eigenvalue weighted by molar-refractivity contribution is 0.101. The summed E-state index contributed by atoms with van der Waals surface area (Å²) in [7, 11) is -3.30. The van der Waals surface area contributed by atoms with Crippen molar-refractivity contribution in [3.63, 3.8) is 0 Å². The van der Waals surface area contributed by atoms with Crippen LogP contribution in [-0.2, 0) is 15.6 Å². The van der Waals surface area contributed by atoms with E-state index >= 15 is 0 Å². The van der Waals surface area contributed by atoms with E-state index in [4.69, 9.17) is 4.52 Å². The Hall–Kier alpha value is -3.02. The monoisotopic (exact) mass is 514 g/mol. The molecule has 8 nitrogen and oxygen atoms in total. The van der Waals surface area contributed by atoms with E-state index in [9.17, 15) is 13.2 Å². The van der Waals surface area contributed by atoms with Gasteiger partial charge in [-0.25, -0.2) is 8.42 Å². The van der Waals surface area contributed by atoms with Gasteiger partial charge in [-0.2, -0.15) is 0 Å². The molecule has 0 aliphatic rings. The Morgan fingerprint density at radius 3 is 2.62 bits per heavy atom. The molecule has 0 spiro atoms. The summed E-state index contributed by atoms with van der Waals surface area (Å²) < 4.78 is 30.4. The Kier molecular flexibility index (Phi) is 7.44. The number of nitrogens with zero attached hydrogens (tertiary/aromatic N) is 3. The highest BCUT2D eigenvalue weighted by atomic mass is 32.2. The molecule has 34 heavy (non-hydrogen) atoms. The molecule has 0 saturated carbocycles. The number of amides is 1. The molecule has 0 fully saturated rings. The zero-order valence-corrected chi connectivity index (χ0v) is 21.0. The van der Waals surface area contributed by atoms with Gasteiger partial charge in [-0.05, 0) is 48.7 Å². The number of carbonyl (C=O) groups excluding carboxylic acids is 1. The standard InChI is InChI=1S/C23H22N4O4S3/c1-3-12-34(29,30)18-10-8-16(9-11-18)20-13-19(27-31-20)21(28)24-22-25-26-23(33-22)32-14-17-7-5-4-6-15(17)2/h4-11,13H,3,12,14H2,1-2H3,(H,24,25,28). The Bertz CT molecular complexity index is 1400. The second kappa shape index (κ2) is 10.5. The summed E-state index contributed by atoms with van der Waals surface area (Å²) in [6.07, 6.45) is 0.548. The van der Waals surface area contributed by atoms with Crippen LogP contribution < -0.4 is 5.32 Å². The first-order valence-electron chi connectivity index (χ1n) is 10.5. The van der Waals surface area contributed by atoms with Gasteiger partial charge in [0.15, 0.2) is 25.6 Å². The zero-order valence-electron chi connectivity index (χ0n) is 18.5. The third-order valence-corrected chi connectivity index (χ3v) is 8.91. The lowest BCUT2D eigenvalue weighted by Gasteiger charge is -2.03.